The number of nitrogens with one attached hydrogen (secondary N) is 1. The van der Waals surface area contributed by atoms with E-state index in [2.05, 4.69) is 32.2 Å². The Morgan fingerprint density at radius 2 is 2.00 bits per heavy atom. The van der Waals surface area contributed by atoms with Gasteiger partial charge in [-0.2, -0.15) is 0 Å². The van der Waals surface area contributed by atoms with Crippen LogP contribution in [0.1, 0.15) is 26.7 Å². The van der Waals surface area contributed by atoms with Gasteiger partial charge in [-0.15, -0.1) is 0 Å². The molecule has 1 unspecified atom stereocenters. The summed E-state index contributed by atoms with van der Waals surface area (Å²) in [5.41, 5.74) is 3.44. The normalized spacial score (nSPS) is 16.7. The van der Waals surface area contributed by atoms with Crippen molar-refractivity contribution in [2.24, 2.45) is 5.92 Å². The Labute approximate surface area is 195 Å². The largest absolute Gasteiger partial charge is 0.477 e. The number of fused-ring (bicyclic) bond motifs is 1. The lowest BCUT2D eigenvalue weighted by molar-refractivity contribution is 0.147. The Balaban J connectivity index is 1.46. The van der Waals surface area contributed by atoms with Crippen LogP contribution in [0.5, 0.6) is 5.88 Å². The molecule has 2 aromatic heterocycles. The van der Waals surface area contributed by atoms with Crippen molar-refractivity contribution in [1.82, 2.24) is 25.2 Å². The minimum absolute atomic E-state index is 0.0448. The summed E-state index contributed by atoms with van der Waals surface area (Å²) in [5.74, 6) is 1.69. The standard InChI is InChI=1S/C25H32N6O2/c1-17(2)28-25(32)31(4)23-14-26-21-9-7-19(12-22(21)29-23)20-8-10-24(27-13-20)33-16-18-6-5-11-30(3)15-18/h7-10,12-14,17-18H,5-6,11,15-16H2,1-4H3,(H,28,32). The van der Waals surface area contributed by atoms with E-state index < -0.39 is 0 Å². The molecule has 0 saturated carbocycles. The van der Waals surface area contributed by atoms with Gasteiger partial charge in [0.05, 0.1) is 23.8 Å². The molecule has 0 aliphatic carbocycles. The van der Waals surface area contributed by atoms with Gasteiger partial charge in [-0.25, -0.2) is 14.8 Å². The predicted octanol–water partition coefficient (Wildman–Crippen LogP) is 3.97. The Morgan fingerprint density at radius 3 is 2.73 bits per heavy atom. The molecule has 1 aromatic carbocycles. The van der Waals surface area contributed by atoms with Crippen LogP contribution in [0.3, 0.4) is 0 Å². The minimum atomic E-state index is -0.213. The van der Waals surface area contributed by atoms with Crippen LogP contribution in [0, 0.1) is 5.92 Å². The molecule has 1 fully saturated rings. The minimum Gasteiger partial charge on any atom is -0.477 e. The van der Waals surface area contributed by atoms with Gasteiger partial charge in [0.15, 0.2) is 5.82 Å². The molecule has 0 spiro atoms. The number of carbonyl (C=O) groups is 1. The number of piperidine rings is 1. The van der Waals surface area contributed by atoms with Crippen LogP contribution in [-0.2, 0) is 0 Å². The highest BCUT2D eigenvalue weighted by molar-refractivity contribution is 5.91. The molecule has 8 nitrogen and oxygen atoms in total. The van der Waals surface area contributed by atoms with Gasteiger partial charge < -0.3 is 15.0 Å². The maximum Gasteiger partial charge on any atom is 0.323 e. The number of hydrogen-bond donors (Lipinski definition) is 1. The first-order valence-electron chi connectivity index (χ1n) is 11.5. The molecule has 1 aliphatic heterocycles. The Hall–Kier alpha value is -3.26. The van der Waals surface area contributed by atoms with Crippen molar-refractivity contribution in [3.63, 3.8) is 0 Å². The van der Waals surface area contributed by atoms with Crippen LogP contribution in [0.15, 0.2) is 42.7 Å². The number of likely N-dealkylation sites (tertiary alicyclic amines) is 1. The molecule has 1 atom stereocenters. The van der Waals surface area contributed by atoms with Crippen molar-refractivity contribution >= 4 is 22.9 Å². The Morgan fingerprint density at radius 1 is 1.18 bits per heavy atom. The van der Waals surface area contributed by atoms with Gasteiger partial charge >= 0.3 is 6.03 Å². The molecule has 3 heterocycles. The molecule has 1 aliphatic rings. The number of anilines is 1. The lowest BCUT2D eigenvalue weighted by atomic mass is 10.00. The third-order valence-electron chi connectivity index (χ3n) is 5.85. The van der Waals surface area contributed by atoms with Crippen LogP contribution in [0.4, 0.5) is 10.6 Å². The zero-order valence-electron chi connectivity index (χ0n) is 19.8. The molecule has 8 heteroatoms. The number of rotatable bonds is 6. The lowest BCUT2D eigenvalue weighted by Gasteiger charge is -2.29. The quantitative estimate of drug-likeness (QED) is 0.614. The van der Waals surface area contributed by atoms with Crippen LogP contribution >= 0.6 is 0 Å². The first kappa shape index (κ1) is 22.9. The summed E-state index contributed by atoms with van der Waals surface area (Å²) in [4.78, 5) is 29.7. The van der Waals surface area contributed by atoms with Gasteiger partial charge in [0.1, 0.15) is 0 Å². The fraction of sp³-hybridized carbons (Fsp3) is 0.440. The van der Waals surface area contributed by atoms with Crippen molar-refractivity contribution in [2.45, 2.75) is 32.7 Å². The SMILES string of the molecule is CC(C)NC(=O)N(C)c1cnc2ccc(-c3ccc(OCC4CCCN(C)C4)nc3)cc2n1. The van der Waals surface area contributed by atoms with E-state index in [9.17, 15) is 4.79 Å². The number of aromatic nitrogens is 3. The molecule has 1 N–H and O–H groups in total. The number of amides is 2. The molecule has 174 valence electrons. The Kier molecular flexibility index (Phi) is 7.03. The van der Waals surface area contributed by atoms with Gasteiger partial charge in [0.25, 0.3) is 0 Å². The highest BCUT2D eigenvalue weighted by atomic mass is 16.5. The molecule has 0 radical (unpaired) electrons. The number of carbonyl (C=O) groups excluding carboxylic acids is 1. The summed E-state index contributed by atoms with van der Waals surface area (Å²) >= 11 is 0. The van der Waals surface area contributed by atoms with Crippen LogP contribution < -0.4 is 15.0 Å². The zero-order valence-corrected chi connectivity index (χ0v) is 19.8. The van der Waals surface area contributed by atoms with Crippen LogP contribution in [-0.4, -0.2) is 65.7 Å². The topological polar surface area (TPSA) is 83.5 Å². The third kappa shape index (κ3) is 5.76. The van der Waals surface area contributed by atoms with Crippen LogP contribution in [0.2, 0.25) is 0 Å². The van der Waals surface area contributed by atoms with Crippen molar-refractivity contribution in [3.8, 4) is 17.0 Å². The second kappa shape index (κ2) is 10.1. The molecule has 4 rings (SSSR count). The number of pyridine rings is 1. The summed E-state index contributed by atoms with van der Waals surface area (Å²) in [6, 6.07) is 9.66. The van der Waals surface area contributed by atoms with Gasteiger partial charge in [-0.3, -0.25) is 9.88 Å². The van der Waals surface area contributed by atoms with Gasteiger partial charge in [0.2, 0.25) is 5.88 Å². The number of urea groups is 1. The van der Waals surface area contributed by atoms with Crippen molar-refractivity contribution < 1.29 is 9.53 Å². The predicted molar refractivity (Wildman–Crippen MR) is 131 cm³/mol. The third-order valence-corrected chi connectivity index (χ3v) is 5.85. The van der Waals surface area contributed by atoms with E-state index in [1.165, 1.54) is 24.3 Å². The van der Waals surface area contributed by atoms with Gasteiger partial charge in [-0.05, 0) is 64.0 Å². The fourth-order valence-electron chi connectivity index (χ4n) is 4.04. The monoisotopic (exact) mass is 448 g/mol. The number of benzene rings is 1. The average Bonchev–Trinajstić information content (AvgIpc) is 2.81. The maximum atomic E-state index is 12.3. The lowest BCUT2D eigenvalue weighted by Crippen LogP contribution is -2.41. The number of ether oxygens (including phenoxy) is 1. The van der Waals surface area contributed by atoms with Crippen molar-refractivity contribution in [2.75, 3.05) is 38.7 Å². The first-order valence-corrected chi connectivity index (χ1v) is 11.5. The number of hydrogen-bond acceptors (Lipinski definition) is 6. The molecule has 0 bridgehead atoms. The summed E-state index contributed by atoms with van der Waals surface area (Å²) in [7, 11) is 3.85. The molecular weight excluding hydrogens is 416 g/mol. The van der Waals surface area contributed by atoms with E-state index in [0.717, 1.165) is 28.7 Å². The summed E-state index contributed by atoms with van der Waals surface area (Å²) < 4.78 is 5.94. The maximum absolute atomic E-state index is 12.3. The summed E-state index contributed by atoms with van der Waals surface area (Å²) in [6.45, 7) is 6.78. The van der Waals surface area contributed by atoms with Crippen molar-refractivity contribution in [1.29, 1.82) is 0 Å². The van der Waals surface area contributed by atoms with E-state index in [1.807, 2.05) is 50.4 Å². The van der Waals surface area contributed by atoms with Gasteiger partial charge in [-0.1, -0.05) is 6.07 Å². The van der Waals surface area contributed by atoms with E-state index in [1.54, 1.807) is 13.2 Å². The van der Waals surface area contributed by atoms with Gasteiger partial charge in [0, 0.05) is 43.4 Å². The van der Waals surface area contributed by atoms with E-state index in [0.29, 0.717) is 24.2 Å². The van der Waals surface area contributed by atoms with Crippen molar-refractivity contribution in [3.05, 3.63) is 42.7 Å². The average molecular weight is 449 g/mol. The molecular formula is C25H32N6O2. The molecule has 3 aromatic rings. The first-order chi connectivity index (χ1) is 15.9. The molecule has 33 heavy (non-hydrogen) atoms. The highest BCUT2D eigenvalue weighted by Gasteiger charge is 2.18. The van der Waals surface area contributed by atoms with E-state index in [-0.39, 0.29) is 12.1 Å². The van der Waals surface area contributed by atoms with E-state index >= 15 is 0 Å². The zero-order chi connectivity index (χ0) is 23.4. The van der Waals surface area contributed by atoms with E-state index in [4.69, 9.17) is 4.74 Å². The summed E-state index contributed by atoms with van der Waals surface area (Å²) in [5, 5.41) is 2.86. The highest BCUT2D eigenvalue weighted by Crippen LogP contribution is 2.25. The second-order valence-corrected chi connectivity index (χ2v) is 9.06. The van der Waals surface area contributed by atoms with Crippen LogP contribution in [0.25, 0.3) is 22.2 Å². The Bertz CT molecular complexity index is 1100. The molecule has 2 amide bonds. The summed E-state index contributed by atoms with van der Waals surface area (Å²) in [6.07, 6.45) is 5.86. The second-order valence-electron chi connectivity index (χ2n) is 9.06. The fourth-order valence-corrected chi connectivity index (χ4v) is 4.04. The smallest absolute Gasteiger partial charge is 0.323 e. The molecule has 1 saturated heterocycles. The number of nitrogens with zero attached hydrogens (tertiary/aromatic N) is 5.